The number of hydrogen-bond acceptors (Lipinski definition) is 1. The summed E-state index contributed by atoms with van der Waals surface area (Å²) in [6.07, 6.45) is 12.2. The van der Waals surface area contributed by atoms with Crippen LogP contribution >= 0.6 is 0 Å². The molecule has 0 aliphatic carbocycles. The van der Waals surface area contributed by atoms with Crippen molar-refractivity contribution < 1.29 is 4.21 Å². The molecule has 100 valence electrons. The standard InChI is InChI=1S/C17H20OS/c1-2-3-4-5-6-7-8-9-13-16-19(18)17-14-11-10-12-15-17/h2-4,9-12,14-16H,1,5-8H2/b4-3+. The zero-order chi connectivity index (χ0) is 13.8. The molecule has 0 amide bonds. The minimum absolute atomic E-state index is 0.818. The quantitative estimate of drug-likeness (QED) is 0.378. The second kappa shape index (κ2) is 10.3. The van der Waals surface area contributed by atoms with Gasteiger partial charge in [-0.25, -0.2) is 4.21 Å². The maximum Gasteiger partial charge on any atom is 0.0854 e. The van der Waals surface area contributed by atoms with Gasteiger partial charge in [-0.1, -0.05) is 43.0 Å². The van der Waals surface area contributed by atoms with E-state index in [1.54, 1.807) is 11.5 Å². The first-order valence-corrected chi connectivity index (χ1v) is 7.70. The first-order chi connectivity index (χ1) is 9.34. The number of hydrogen-bond donors (Lipinski definition) is 0. The molecule has 0 aromatic heterocycles. The van der Waals surface area contributed by atoms with Gasteiger partial charge in [0.05, 0.1) is 10.8 Å². The van der Waals surface area contributed by atoms with E-state index in [9.17, 15) is 4.21 Å². The Bertz CT molecular complexity index is 479. The van der Waals surface area contributed by atoms with Crippen molar-refractivity contribution in [2.75, 3.05) is 0 Å². The summed E-state index contributed by atoms with van der Waals surface area (Å²) < 4.78 is 11.8. The highest BCUT2D eigenvalue weighted by molar-refractivity contribution is 7.88. The fourth-order valence-corrected chi connectivity index (χ4v) is 2.30. The van der Waals surface area contributed by atoms with E-state index in [1.807, 2.05) is 42.5 Å². The Balaban J connectivity index is 2.25. The zero-order valence-electron chi connectivity index (χ0n) is 11.1. The van der Waals surface area contributed by atoms with Gasteiger partial charge in [0.1, 0.15) is 0 Å². The third-order valence-electron chi connectivity index (χ3n) is 2.51. The van der Waals surface area contributed by atoms with Crippen molar-refractivity contribution in [3.8, 4) is 0 Å². The monoisotopic (exact) mass is 272 g/mol. The molecular weight excluding hydrogens is 252 g/mol. The molecule has 0 saturated heterocycles. The third kappa shape index (κ3) is 7.40. The molecule has 0 heterocycles. The van der Waals surface area contributed by atoms with Crippen LogP contribution in [0.2, 0.25) is 0 Å². The Morgan fingerprint density at radius 2 is 1.89 bits per heavy atom. The van der Waals surface area contributed by atoms with Gasteiger partial charge in [-0.2, -0.15) is 0 Å². The molecule has 0 aliphatic heterocycles. The highest BCUT2D eigenvalue weighted by atomic mass is 32.2. The van der Waals surface area contributed by atoms with Crippen LogP contribution in [0.5, 0.6) is 0 Å². The number of benzene rings is 1. The van der Waals surface area contributed by atoms with Gasteiger partial charge in [-0.05, 0) is 43.9 Å². The molecule has 0 aliphatic rings. The molecule has 0 N–H and O–H groups in total. The lowest BCUT2D eigenvalue weighted by Gasteiger charge is -1.93. The van der Waals surface area contributed by atoms with Crippen LogP contribution in [0.1, 0.15) is 25.7 Å². The van der Waals surface area contributed by atoms with Crippen LogP contribution in [-0.2, 0) is 10.8 Å². The first-order valence-electron chi connectivity index (χ1n) is 6.49. The second-order valence-electron chi connectivity index (χ2n) is 4.05. The van der Waals surface area contributed by atoms with E-state index in [1.165, 1.54) is 0 Å². The van der Waals surface area contributed by atoms with Crippen molar-refractivity contribution in [3.05, 3.63) is 72.4 Å². The molecule has 0 saturated carbocycles. The highest BCUT2D eigenvalue weighted by Gasteiger charge is 1.95. The van der Waals surface area contributed by atoms with Gasteiger partial charge in [0.15, 0.2) is 0 Å². The van der Waals surface area contributed by atoms with Crippen molar-refractivity contribution in [2.45, 2.75) is 30.6 Å². The van der Waals surface area contributed by atoms with Gasteiger partial charge in [0.2, 0.25) is 0 Å². The van der Waals surface area contributed by atoms with Crippen LogP contribution in [0.3, 0.4) is 0 Å². The van der Waals surface area contributed by atoms with Gasteiger partial charge in [0.25, 0.3) is 0 Å². The SMILES string of the molecule is C=C/C=C/CCCCC=C=CS(=O)c1ccccc1. The van der Waals surface area contributed by atoms with E-state index in [0.29, 0.717) is 0 Å². The average molecular weight is 272 g/mol. The molecule has 1 unspecified atom stereocenters. The number of rotatable bonds is 8. The number of unbranched alkanes of at least 4 members (excludes halogenated alkanes) is 3. The smallest absolute Gasteiger partial charge is 0.0854 e. The molecule has 1 aromatic carbocycles. The summed E-state index contributed by atoms with van der Waals surface area (Å²) in [5, 5.41) is 1.62. The molecule has 1 nitrogen and oxygen atoms in total. The lowest BCUT2D eigenvalue weighted by molar-refractivity contribution is 0.688. The maximum atomic E-state index is 11.8. The largest absolute Gasteiger partial charge is 0.249 e. The Hall–Kier alpha value is -1.63. The Labute approximate surface area is 118 Å². The van der Waals surface area contributed by atoms with Crippen molar-refractivity contribution in [2.24, 2.45) is 0 Å². The Kier molecular flexibility index (Phi) is 8.37. The molecule has 19 heavy (non-hydrogen) atoms. The van der Waals surface area contributed by atoms with E-state index in [2.05, 4.69) is 18.4 Å². The molecule has 0 spiro atoms. The number of allylic oxidation sites excluding steroid dienone is 4. The lowest BCUT2D eigenvalue weighted by Crippen LogP contribution is -1.83. The van der Waals surface area contributed by atoms with Gasteiger partial charge in [0, 0.05) is 10.3 Å². The van der Waals surface area contributed by atoms with E-state index < -0.39 is 10.8 Å². The van der Waals surface area contributed by atoms with Crippen molar-refractivity contribution in [1.82, 2.24) is 0 Å². The summed E-state index contributed by atoms with van der Waals surface area (Å²) in [5.74, 6) is 0. The first kappa shape index (κ1) is 15.4. The Morgan fingerprint density at radius 1 is 1.16 bits per heavy atom. The fraction of sp³-hybridized carbons (Fsp3) is 0.235. The predicted octanol–water partition coefficient (Wildman–Crippen LogP) is 4.77. The van der Waals surface area contributed by atoms with Crippen LogP contribution in [0.15, 0.2) is 77.2 Å². The zero-order valence-corrected chi connectivity index (χ0v) is 11.9. The summed E-state index contributed by atoms with van der Waals surface area (Å²) >= 11 is 0. The molecule has 1 aromatic rings. The van der Waals surface area contributed by atoms with Crippen LogP contribution in [0.4, 0.5) is 0 Å². The summed E-state index contributed by atoms with van der Waals surface area (Å²) in [4.78, 5) is 0.818. The summed E-state index contributed by atoms with van der Waals surface area (Å²) in [7, 11) is -1.08. The van der Waals surface area contributed by atoms with E-state index in [-0.39, 0.29) is 0 Å². The van der Waals surface area contributed by atoms with E-state index in [0.717, 1.165) is 30.6 Å². The maximum absolute atomic E-state index is 11.8. The van der Waals surface area contributed by atoms with Crippen LogP contribution in [0.25, 0.3) is 0 Å². The Morgan fingerprint density at radius 3 is 2.63 bits per heavy atom. The minimum atomic E-state index is -1.08. The van der Waals surface area contributed by atoms with Gasteiger partial charge in [-0.3, -0.25) is 0 Å². The van der Waals surface area contributed by atoms with E-state index in [4.69, 9.17) is 0 Å². The van der Waals surface area contributed by atoms with Crippen LogP contribution in [0, 0.1) is 0 Å². The fourth-order valence-electron chi connectivity index (χ4n) is 1.52. The van der Waals surface area contributed by atoms with Gasteiger partial charge < -0.3 is 0 Å². The van der Waals surface area contributed by atoms with Crippen molar-refractivity contribution in [3.63, 3.8) is 0 Å². The minimum Gasteiger partial charge on any atom is -0.249 e. The summed E-state index contributed by atoms with van der Waals surface area (Å²) in [6.45, 7) is 3.62. The topological polar surface area (TPSA) is 17.1 Å². The molecular formula is C17H20OS. The normalized spacial score (nSPS) is 11.8. The molecule has 1 rings (SSSR count). The van der Waals surface area contributed by atoms with Gasteiger partial charge >= 0.3 is 0 Å². The predicted molar refractivity (Wildman–Crippen MR) is 83.3 cm³/mol. The summed E-state index contributed by atoms with van der Waals surface area (Å²) in [6, 6.07) is 9.42. The third-order valence-corrected chi connectivity index (χ3v) is 3.60. The summed E-state index contributed by atoms with van der Waals surface area (Å²) in [5.41, 5.74) is 3.00. The average Bonchev–Trinajstić information content (AvgIpc) is 2.46. The molecule has 0 radical (unpaired) electrons. The van der Waals surface area contributed by atoms with E-state index >= 15 is 0 Å². The van der Waals surface area contributed by atoms with Crippen LogP contribution in [-0.4, -0.2) is 4.21 Å². The van der Waals surface area contributed by atoms with Crippen molar-refractivity contribution >= 4 is 10.8 Å². The molecule has 1 atom stereocenters. The van der Waals surface area contributed by atoms with Crippen molar-refractivity contribution in [1.29, 1.82) is 0 Å². The second-order valence-corrected chi connectivity index (χ2v) is 5.35. The molecule has 2 heteroatoms. The van der Waals surface area contributed by atoms with Gasteiger partial charge in [-0.15, -0.1) is 5.73 Å². The van der Waals surface area contributed by atoms with Crippen LogP contribution < -0.4 is 0 Å². The lowest BCUT2D eigenvalue weighted by atomic mass is 10.2. The molecule has 0 fully saturated rings. The highest BCUT2D eigenvalue weighted by Crippen LogP contribution is 2.06. The molecule has 0 bridgehead atoms.